The van der Waals surface area contributed by atoms with Crippen LogP contribution in [0.5, 0.6) is 5.75 Å². The first-order valence-electron chi connectivity index (χ1n) is 11.9. The molecule has 0 atom stereocenters. The lowest BCUT2D eigenvalue weighted by Gasteiger charge is -2.30. The number of fused-ring (bicyclic) bond motifs is 2. The highest BCUT2D eigenvalue weighted by molar-refractivity contribution is 6.06. The Morgan fingerprint density at radius 3 is 2.56 bits per heavy atom. The van der Waals surface area contributed by atoms with E-state index in [0.717, 1.165) is 41.7 Å². The van der Waals surface area contributed by atoms with Crippen molar-refractivity contribution in [3.05, 3.63) is 101 Å². The second kappa shape index (κ2) is 10.6. The zero-order chi connectivity index (χ0) is 24.9. The predicted molar refractivity (Wildman–Crippen MR) is 138 cm³/mol. The number of hydrogen-bond acceptors (Lipinski definition) is 6. The fourth-order valence-corrected chi connectivity index (χ4v) is 4.59. The first kappa shape index (κ1) is 23.5. The smallest absolute Gasteiger partial charge is 0.339 e. The Hall–Kier alpha value is -4.23. The van der Waals surface area contributed by atoms with Gasteiger partial charge in [0.1, 0.15) is 5.75 Å². The molecular weight excluding hydrogens is 454 g/mol. The second-order valence-corrected chi connectivity index (χ2v) is 8.70. The number of carbonyl (C=O) groups is 2. The number of nitrogens with one attached hydrogen (secondary N) is 1. The highest BCUT2D eigenvalue weighted by Gasteiger charge is 2.27. The van der Waals surface area contributed by atoms with Crippen LogP contribution in [-0.2, 0) is 29.0 Å². The first-order valence-corrected chi connectivity index (χ1v) is 11.9. The number of methoxy groups -OCH3 is 1. The summed E-state index contributed by atoms with van der Waals surface area (Å²) in [7, 11) is 1.53. The molecular formula is C29H27N3O4. The number of carbonyl (C=O) groups excluding carboxylic acids is 2. The summed E-state index contributed by atoms with van der Waals surface area (Å²) in [4.78, 5) is 33.1. The number of pyridine rings is 1. The van der Waals surface area contributed by atoms with Gasteiger partial charge in [-0.2, -0.15) is 0 Å². The molecule has 0 radical (unpaired) electrons. The van der Waals surface area contributed by atoms with Gasteiger partial charge in [0.15, 0.2) is 6.61 Å². The molecule has 0 spiro atoms. The van der Waals surface area contributed by atoms with Gasteiger partial charge in [-0.25, -0.2) is 4.79 Å². The van der Waals surface area contributed by atoms with E-state index in [0.29, 0.717) is 23.5 Å². The minimum absolute atomic E-state index is 0.407. The Morgan fingerprint density at radius 2 is 1.72 bits per heavy atom. The number of esters is 1. The van der Waals surface area contributed by atoms with E-state index in [4.69, 9.17) is 14.5 Å². The van der Waals surface area contributed by atoms with Crippen LogP contribution in [0, 0.1) is 0 Å². The Kier molecular flexibility index (Phi) is 6.91. The van der Waals surface area contributed by atoms with Crippen LogP contribution in [0.1, 0.15) is 27.2 Å². The molecule has 1 aliphatic rings. The lowest BCUT2D eigenvalue weighted by molar-refractivity contribution is -0.119. The molecule has 0 fully saturated rings. The molecule has 2 heterocycles. The summed E-state index contributed by atoms with van der Waals surface area (Å²) >= 11 is 0. The maximum Gasteiger partial charge on any atom is 0.339 e. The largest absolute Gasteiger partial charge is 0.495 e. The third-order valence-corrected chi connectivity index (χ3v) is 6.29. The van der Waals surface area contributed by atoms with E-state index in [2.05, 4.69) is 22.3 Å². The molecule has 7 nitrogen and oxygen atoms in total. The van der Waals surface area contributed by atoms with Crippen molar-refractivity contribution in [3.63, 3.8) is 0 Å². The molecule has 5 rings (SSSR count). The van der Waals surface area contributed by atoms with E-state index in [-0.39, 0.29) is 0 Å². The van der Waals surface area contributed by atoms with Gasteiger partial charge < -0.3 is 14.8 Å². The number of amides is 1. The summed E-state index contributed by atoms with van der Waals surface area (Å²) in [5.41, 5.74) is 4.74. The summed E-state index contributed by atoms with van der Waals surface area (Å²) in [6.45, 7) is 1.81. The number of rotatable bonds is 7. The van der Waals surface area contributed by atoms with Crippen LogP contribution in [-0.4, -0.2) is 42.0 Å². The number of anilines is 1. The van der Waals surface area contributed by atoms with E-state index in [1.165, 1.54) is 12.7 Å². The molecule has 1 N–H and O–H groups in total. The zero-order valence-electron chi connectivity index (χ0n) is 20.1. The summed E-state index contributed by atoms with van der Waals surface area (Å²) in [5.74, 6) is -0.433. The number of nitrogens with zero attached hydrogens (tertiary/aromatic N) is 2. The Labute approximate surface area is 209 Å². The van der Waals surface area contributed by atoms with E-state index in [9.17, 15) is 9.59 Å². The van der Waals surface area contributed by atoms with Crippen LogP contribution in [0.2, 0.25) is 0 Å². The van der Waals surface area contributed by atoms with Gasteiger partial charge in [0, 0.05) is 42.7 Å². The van der Waals surface area contributed by atoms with Crippen LogP contribution in [0.3, 0.4) is 0 Å². The molecule has 36 heavy (non-hydrogen) atoms. The van der Waals surface area contributed by atoms with Gasteiger partial charge in [-0.1, -0.05) is 60.7 Å². The lowest BCUT2D eigenvalue weighted by Crippen LogP contribution is -2.32. The monoisotopic (exact) mass is 481 g/mol. The maximum atomic E-state index is 13.4. The third kappa shape index (κ3) is 5.06. The van der Waals surface area contributed by atoms with E-state index in [1.807, 2.05) is 48.5 Å². The molecule has 0 saturated carbocycles. The normalized spacial score (nSPS) is 13.1. The van der Waals surface area contributed by atoms with Gasteiger partial charge in [-0.15, -0.1) is 0 Å². The number of aromatic nitrogens is 1. The standard InChI is InChI=1S/C29H27N3O4/c1-35-26-14-8-7-13-25(26)31-27(33)19-36-29(34)28-21-11-5-6-12-23(21)30-24-15-16-32(18-22(24)28)17-20-9-3-2-4-10-20/h2-14H,15-19H2,1H3,(H,31,33). The zero-order valence-corrected chi connectivity index (χ0v) is 20.1. The SMILES string of the molecule is COc1ccccc1NC(=O)COC(=O)c1c2c(nc3ccccc13)CCN(Cc1ccccc1)C2. The summed E-state index contributed by atoms with van der Waals surface area (Å²) < 4.78 is 10.8. The number of ether oxygens (including phenoxy) is 2. The molecule has 0 bridgehead atoms. The van der Waals surface area contributed by atoms with Gasteiger partial charge in [0.25, 0.3) is 5.91 Å². The van der Waals surface area contributed by atoms with Crippen molar-refractivity contribution in [3.8, 4) is 5.75 Å². The van der Waals surface area contributed by atoms with Crippen molar-refractivity contribution in [1.82, 2.24) is 9.88 Å². The van der Waals surface area contributed by atoms with Crippen molar-refractivity contribution in [1.29, 1.82) is 0 Å². The van der Waals surface area contributed by atoms with Crippen LogP contribution < -0.4 is 10.1 Å². The summed E-state index contributed by atoms with van der Waals surface area (Å²) in [6.07, 6.45) is 0.738. The Morgan fingerprint density at radius 1 is 0.972 bits per heavy atom. The van der Waals surface area contributed by atoms with Crippen molar-refractivity contribution in [2.45, 2.75) is 19.5 Å². The highest BCUT2D eigenvalue weighted by Crippen LogP contribution is 2.29. The second-order valence-electron chi connectivity index (χ2n) is 8.70. The Bertz CT molecular complexity index is 1400. The Balaban J connectivity index is 1.37. The van der Waals surface area contributed by atoms with Gasteiger partial charge in [-0.3, -0.25) is 14.7 Å². The third-order valence-electron chi connectivity index (χ3n) is 6.29. The average molecular weight is 482 g/mol. The van der Waals surface area contributed by atoms with Gasteiger partial charge in [-0.05, 0) is 23.8 Å². The first-order chi connectivity index (χ1) is 17.6. The van der Waals surface area contributed by atoms with E-state index < -0.39 is 18.5 Å². The molecule has 3 aromatic carbocycles. The highest BCUT2D eigenvalue weighted by atomic mass is 16.5. The van der Waals surface area contributed by atoms with Crippen LogP contribution in [0.25, 0.3) is 10.9 Å². The van der Waals surface area contributed by atoms with Crippen molar-refractivity contribution in [2.75, 3.05) is 25.6 Å². The van der Waals surface area contributed by atoms with Crippen LogP contribution in [0.4, 0.5) is 5.69 Å². The molecule has 0 aliphatic carbocycles. The lowest BCUT2D eigenvalue weighted by atomic mass is 9.95. The minimum atomic E-state index is -0.526. The maximum absolute atomic E-state index is 13.4. The summed E-state index contributed by atoms with van der Waals surface area (Å²) in [5, 5.41) is 3.47. The predicted octanol–water partition coefficient (Wildman–Crippen LogP) is 4.60. The van der Waals surface area contributed by atoms with Crippen LogP contribution >= 0.6 is 0 Å². The molecule has 7 heteroatoms. The van der Waals surface area contributed by atoms with E-state index >= 15 is 0 Å². The number of para-hydroxylation sites is 3. The quantitative estimate of drug-likeness (QED) is 0.389. The molecule has 1 aliphatic heterocycles. The van der Waals surface area contributed by atoms with Gasteiger partial charge in [0.2, 0.25) is 0 Å². The van der Waals surface area contributed by atoms with Gasteiger partial charge >= 0.3 is 5.97 Å². The van der Waals surface area contributed by atoms with Crippen molar-refractivity contribution < 1.29 is 19.1 Å². The molecule has 0 saturated heterocycles. The molecule has 1 amide bonds. The fourth-order valence-electron chi connectivity index (χ4n) is 4.59. The molecule has 4 aromatic rings. The molecule has 0 unspecified atom stereocenters. The van der Waals surface area contributed by atoms with Gasteiger partial charge in [0.05, 0.1) is 23.9 Å². The molecule has 182 valence electrons. The minimum Gasteiger partial charge on any atom is -0.495 e. The average Bonchev–Trinajstić information content (AvgIpc) is 2.91. The number of hydrogen-bond donors (Lipinski definition) is 1. The van der Waals surface area contributed by atoms with E-state index in [1.54, 1.807) is 18.2 Å². The van der Waals surface area contributed by atoms with Crippen LogP contribution in [0.15, 0.2) is 78.9 Å². The summed E-state index contributed by atoms with van der Waals surface area (Å²) in [6, 6.07) is 24.9. The van der Waals surface area contributed by atoms with Crippen molar-refractivity contribution >= 4 is 28.5 Å². The topological polar surface area (TPSA) is 80.8 Å². The molecule has 1 aromatic heterocycles. The number of benzene rings is 3. The fraction of sp³-hybridized carbons (Fsp3) is 0.207. The van der Waals surface area contributed by atoms with Crippen molar-refractivity contribution in [2.24, 2.45) is 0 Å².